The molecular formula is C17H14F3N3OS. The van der Waals surface area contributed by atoms with Gasteiger partial charge < -0.3 is 4.57 Å². The van der Waals surface area contributed by atoms with E-state index >= 15 is 0 Å². The predicted molar refractivity (Wildman–Crippen MR) is 89.7 cm³/mol. The molecule has 0 saturated heterocycles. The number of thiazole rings is 1. The van der Waals surface area contributed by atoms with Crippen molar-refractivity contribution in [3.8, 4) is 0 Å². The maximum Gasteiger partial charge on any atom is 0.416 e. The predicted octanol–water partition coefficient (Wildman–Crippen LogP) is 4.78. The maximum atomic E-state index is 13.0. The second kappa shape index (κ2) is 5.87. The summed E-state index contributed by atoms with van der Waals surface area (Å²) >= 11 is 1.29. The molecule has 8 heteroatoms. The largest absolute Gasteiger partial charge is 0.416 e. The minimum absolute atomic E-state index is 0.361. The van der Waals surface area contributed by atoms with Crippen LogP contribution >= 0.6 is 11.3 Å². The van der Waals surface area contributed by atoms with E-state index in [2.05, 4.69) is 10.3 Å². The molecule has 1 fully saturated rings. The molecule has 1 saturated carbocycles. The summed E-state index contributed by atoms with van der Waals surface area (Å²) < 4.78 is 40.9. The van der Waals surface area contributed by atoms with E-state index in [1.165, 1.54) is 17.4 Å². The third kappa shape index (κ3) is 3.26. The molecule has 0 unspecified atom stereocenters. The van der Waals surface area contributed by atoms with Gasteiger partial charge in [0.15, 0.2) is 5.13 Å². The summed E-state index contributed by atoms with van der Waals surface area (Å²) in [4.78, 5) is 16.5. The fourth-order valence-corrected chi connectivity index (χ4v) is 3.35. The smallest absolute Gasteiger partial charge is 0.346 e. The highest BCUT2D eigenvalue weighted by Crippen LogP contribution is 2.36. The van der Waals surface area contributed by atoms with Crippen molar-refractivity contribution in [3.05, 3.63) is 47.1 Å². The van der Waals surface area contributed by atoms with Gasteiger partial charge in [-0.1, -0.05) is 6.07 Å². The number of alkyl halides is 3. The minimum atomic E-state index is -4.41. The lowest BCUT2D eigenvalue weighted by molar-refractivity contribution is -0.137. The molecule has 1 aromatic carbocycles. The van der Waals surface area contributed by atoms with Gasteiger partial charge in [0.25, 0.3) is 5.91 Å². The highest BCUT2D eigenvalue weighted by Gasteiger charge is 2.32. The summed E-state index contributed by atoms with van der Waals surface area (Å²) in [5.74, 6) is 0.106. The van der Waals surface area contributed by atoms with Crippen LogP contribution in [0.5, 0.6) is 0 Å². The van der Waals surface area contributed by atoms with Crippen LogP contribution in [0.15, 0.2) is 36.0 Å². The van der Waals surface area contributed by atoms with Gasteiger partial charge in [-0.2, -0.15) is 13.2 Å². The van der Waals surface area contributed by atoms with Gasteiger partial charge in [-0.3, -0.25) is 10.1 Å². The van der Waals surface area contributed by atoms with E-state index in [0.29, 0.717) is 34.1 Å². The molecule has 25 heavy (non-hydrogen) atoms. The van der Waals surface area contributed by atoms with E-state index in [4.69, 9.17) is 0 Å². The number of amides is 1. The summed E-state index contributed by atoms with van der Waals surface area (Å²) in [6.45, 7) is 0.627. The third-order valence-electron chi connectivity index (χ3n) is 4.26. The Labute approximate surface area is 145 Å². The Morgan fingerprint density at radius 1 is 1.36 bits per heavy atom. The van der Waals surface area contributed by atoms with Gasteiger partial charge in [0.05, 0.1) is 11.1 Å². The van der Waals surface area contributed by atoms with Crippen LogP contribution in [0.2, 0.25) is 0 Å². The van der Waals surface area contributed by atoms with Gasteiger partial charge in [-0.15, -0.1) is 11.3 Å². The number of halogens is 3. The van der Waals surface area contributed by atoms with Crippen molar-refractivity contribution < 1.29 is 18.0 Å². The Morgan fingerprint density at radius 3 is 2.80 bits per heavy atom. The van der Waals surface area contributed by atoms with Crippen molar-refractivity contribution in [3.63, 3.8) is 0 Å². The summed E-state index contributed by atoms with van der Waals surface area (Å²) in [6, 6.07) is 3.51. The second-order valence-electron chi connectivity index (χ2n) is 6.16. The monoisotopic (exact) mass is 365 g/mol. The maximum absolute atomic E-state index is 13.0. The van der Waals surface area contributed by atoms with Crippen LogP contribution in [0.1, 0.15) is 28.8 Å². The van der Waals surface area contributed by atoms with Crippen molar-refractivity contribution in [1.29, 1.82) is 0 Å². The quantitative estimate of drug-likeness (QED) is 0.723. The van der Waals surface area contributed by atoms with Crippen LogP contribution in [0.25, 0.3) is 10.9 Å². The van der Waals surface area contributed by atoms with Crippen molar-refractivity contribution in [2.24, 2.45) is 5.92 Å². The van der Waals surface area contributed by atoms with E-state index in [0.717, 1.165) is 25.0 Å². The van der Waals surface area contributed by atoms with E-state index in [1.54, 1.807) is 22.3 Å². The highest BCUT2D eigenvalue weighted by atomic mass is 32.1. The zero-order chi connectivity index (χ0) is 17.6. The molecule has 0 bridgehead atoms. The fraction of sp³-hybridized carbons (Fsp3) is 0.294. The topological polar surface area (TPSA) is 46.9 Å². The van der Waals surface area contributed by atoms with Crippen LogP contribution in [0.3, 0.4) is 0 Å². The van der Waals surface area contributed by atoms with Crippen molar-refractivity contribution >= 4 is 33.3 Å². The third-order valence-corrected chi connectivity index (χ3v) is 4.95. The molecule has 0 atom stereocenters. The Kier molecular flexibility index (Phi) is 3.79. The van der Waals surface area contributed by atoms with Crippen molar-refractivity contribution in [2.75, 3.05) is 5.32 Å². The molecular weight excluding hydrogens is 351 g/mol. The summed E-state index contributed by atoms with van der Waals surface area (Å²) in [6.07, 6.45) is 0.948. The minimum Gasteiger partial charge on any atom is -0.346 e. The zero-order valence-electron chi connectivity index (χ0n) is 13.0. The van der Waals surface area contributed by atoms with Crippen LogP contribution in [0, 0.1) is 5.92 Å². The molecule has 1 amide bonds. The lowest BCUT2D eigenvalue weighted by atomic mass is 10.1. The number of fused-ring (bicyclic) bond motifs is 1. The first kappa shape index (κ1) is 16.1. The van der Waals surface area contributed by atoms with Gasteiger partial charge in [0.1, 0.15) is 0 Å². The number of hydrogen-bond acceptors (Lipinski definition) is 3. The first-order chi connectivity index (χ1) is 11.9. The van der Waals surface area contributed by atoms with E-state index in [-0.39, 0.29) is 5.91 Å². The molecule has 3 aromatic rings. The van der Waals surface area contributed by atoms with Gasteiger partial charge in [-0.25, -0.2) is 4.98 Å². The van der Waals surface area contributed by atoms with Gasteiger partial charge in [0, 0.05) is 35.2 Å². The van der Waals surface area contributed by atoms with Gasteiger partial charge in [0.2, 0.25) is 0 Å². The molecule has 2 heterocycles. The number of hydrogen-bond donors (Lipinski definition) is 1. The number of benzene rings is 1. The van der Waals surface area contributed by atoms with E-state index < -0.39 is 11.7 Å². The Morgan fingerprint density at radius 2 is 2.16 bits per heavy atom. The second-order valence-corrected chi connectivity index (χ2v) is 7.05. The molecule has 4 nitrogen and oxygen atoms in total. The molecule has 2 aromatic heterocycles. The lowest BCUT2D eigenvalue weighted by Gasteiger charge is -2.08. The molecule has 1 N–H and O–H groups in total. The SMILES string of the molecule is O=C(Nc1nccs1)c1cn(CC2CC2)c2cc(C(F)(F)F)ccc12. The van der Waals surface area contributed by atoms with Crippen LogP contribution in [-0.4, -0.2) is 15.5 Å². The standard InChI is InChI=1S/C17H14F3N3OS/c18-17(19,20)11-3-4-12-13(15(24)22-16-21-5-6-25-16)9-23(14(12)7-11)8-10-1-2-10/h3-7,9-10H,1-2,8H2,(H,21,22,24). The lowest BCUT2D eigenvalue weighted by Crippen LogP contribution is -2.11. The number of nitrogens with zero attached hydrogens (tertiary/aromatic N) is 2. The number of rotatable bonds is 4. The molecule has 130 valence electrons. The number of carbonyl (C=O) groups is 1. The molecule has 0 spiro atoms. The molecule has 4 rings (SSSR count). The number of carbonyl (C=O) groups excluding carboxylic acids is 1. The normalized spacial score (nSPS) is 14.8. The Hall–Kier alpha value is -2.35. The summed E-state index contributed by atoms with van der Waals surface area (Å²) in [5, 5.41) is 5.40. The fourth-order valence-electron chi connectivity index (χ4n) is 2.83. The number of anilines is 1. The molecule has 1 aliphatic carbocycles. The van der Waals surface area contributed by atoms with Gasteiger partial charge in [-0.05, 0) is 30.9 Å². The van der Waals surface area contributed by atoms with Crippen LogP contribution in [0.4, 0.5) is 18.3 Å². The van der Waals surface area contributed by atoms with Crippen molar-refractivity contribution in [2.45, 2.75) is 25.6 Å². The first-order valence-electron chi connectivity index (χ1n) is 7.83. The molecule has 0 aliphatic heterocycles. The average molecular weight is 365 g/mol. The van der Waals surface area contributed by atoms with E-state index in [1.807, 2.05) is 0 Å². The summed E-state index contributed by atoms with van der Waals surface area (Å²) in [7, 11) is 0. The summed E-state index contributed by atoms with van der Waals surface area (Å²) in [5.41, 5.74) is 0.0904. The van der Waals surface area contributed by atoms with Crippen molar-refractivity contribution in [1.82, 2.24) is 9.55 Å². The number of nitrogens with one attached hydrogen (secondary N) is 1. The Balaban J connectivity index is 1.77. The first-order valence-corrected chi connectivity index (χ1v) is 8.71. The number of aromatic nitrogens is 2. The van der Waals surface area contributed by atoms with Crippen LogP contribution in [-0.2, 0) is 12.7 Å². The zero-order valence-corrected chi connectivity index (χ0v) is 13.8. The molecule has 1 aliphatic rings. The van der Waals surface area contributed by atoms with Gasteiger partial charge >= 0.3 is 6.18 Å². The van der Waals surface area contributed by atoms with Crippen LogP contribution < -0.4 is 5.32 Å². The van der Waals surface area contributed by atoms with E-state index in [9.17, 15) is 18.0 Å². The highest BCUT2D eigenvalue weighted by molar-refractivity contribution is 7.13. The Bertz CT molecular complexity index is 927. The molecule has 0 radical (unpaired) electrons. The average Bonchev–Trinajstić information content (AvgIpc) is 3.08.